The predicted octanol–water partition coefficient (Wildman–Crippen LogP) is 4.98. The minimum absolute atomic E-state index is 0.183. The number of aromatic nitrogens is 1. The molecule has 3 rings (SSSR count). The first-order chi connectivity index (χ1) is 15.5. The summed E-state index contributed by atoms with van der Waals surface area (Å²) in [7, 11) is 1.53. The molecule has 0 amide bonds. The number of aliphatic hydroxyl groups excluding tert-OH is 1. The van der Waals surface area contributed by atoms with E-state index < -0.39 is 35.2 Å². The van der Waals surface area contributed by atoms with Crippen LogP contribution in [0.1, 0.15) is 22.9 Å². The molecule has 0 aliphatic heterocycles. The second-order valence-electron chi connectivity index (χ2n) is 7.04. The van der Waals surface area contributed by atoms with E-state index in [-0.39, 0.29) is 30.6 Å². The van der Waals surface area contributed by atoms with Crippen molar-refractivity contribution in [1.82, 2.24) is 10.3 Å². The topological polar surface area (TPSA) is 63.6 Å². The van der Waals surface area contributed by atoms with E-state index in [0.717, 1.165) is 6.07 Å². The van der Waals surface area contributed by atoms with E-state index in [1.54, 1.807) is 24.3 Å². The van der Waals surface area contributed by atoms with Gasteiger partial charge < -0.3 is 19.9 Å². The molecule has 2 aromatic carbocycles. The van der Waals surface area contributed by atoms with Crippen molar-refractivity contribution in [2.24, 2.45) is 0 Å². The van der Waals surface area contributed by atoms with Crippen molar-refractivity contribution < 1.29 is 40.9 Å². The molecule has 0 aliphatic carbocycles. The Kier molecular flexibility index (Phi) is 7.33. The Labute approximate surface area is 185 Å². The number of nitrogens with one attached hydrogen (secondary N) is 1. The third-order valence-corrected chi connectivity index (χ3v) is 4.77. The monoisotopic (exact) mass is 474 g/mol. The number of aliphatic hydroxyl groups is 1. The smallest absolute Gasteiger partial charge is 0.433 e. The number of ether oxygens (including phenoxy) is 2. The molecule has 33 heavy (non-hydrogen) atoms. The molecule has 1 heterocycles. The van der Waals surface area contributed by atoms with Crippen molar-refractivity contribution in [3.63, 3.8) is 0 Å². The van der Waals surface area contributed by atoms with E-state index in [2.05, 4.69) is 10.3 Å². The molecular formula is C22H20F6N2O3. The van der Waals surface area contributed by atoms with Crippen molar-refractivity contribution in [3.05, 3.63) is 65.4 Å². The van der Waals surface area contributed by atoms with Crippen LogP contribution in [0.2, 0.25) is 0 Å². The van der Waals surface area contributed by atoms with Gasteiger partial charge in [0.05, 0.1) is 24.3 Å². The average molecular weight is 474 g/mol. The molecular weight excluding hydrogens is 454 g/mol. The van der Waals surface area contributed by atoms with Crippen LogP contribution in [0.25, 0.3) is 10.9 Å². The van der Waals surface area contributed by atoms with Gasteiger partial charge in [0.2, 0.25) is 0 Å². The zero-order valence-corrected chi connectivity index (χ0v) is 17.3. The Morgan fingerprint density at radius 3 is 2.24 bits per heavy atom. The number of fused-ring (bicyclic) bond motifs is 1. The number of halogens is 6. The van der Waals surface area contributed by atoms with Gasteiger partial charge in [0.15, 0.2) is 0 Å². The lowest BCUT2D eigenvalue weighted by Crippen LogP contribution is -2.26. The third-order valence-electron chi connectivity index (χ3n) is 4.77. The molecule has 0 radical (unpaired) electrons. The zero-order valence-electron chi connectivity index (χ0n) is 17.3. The maximum Gasteiger partial charge on any atom is 0.433 e. The Morgan fingerprint density at radius 2 is 1.64 bits per heavy atom. The minimum Gasteiger partial charge on any atom is -0.497 e. The van der Waals surface area contributed by atoms with Crippen LogP contribution in [0.5, 0.6) is 11.5 Å². The molecule has 0 spiro atoms. The van der Waals surface area contributed by atoms with Crippen molar-refractivity contribution in [2.75, 3.05) is 26.8 Å². The zero-order chi connectivity index (χ0) is 24.2. The second kappa shape index (κ2) is 9.84. The van der Waals surface area contributed by atoms with Crippen LogP contribution < -0.4 is 14.8 Å². The Bertz CT molecular complexity index is 1080. The highest BCUT2D eigenvalue weighted by Crippen LogP contribution is 2.38. The number of pyridine rings is 1. The first kappa shape index (κ1) is 24.6. The largest absolute Gasteiger partial charge is 0.497 e. The van der Waals surface area contributed by atoms with Gasteiger partial charge >= 0.3 is 12.4 Å². The number of para-hydroxylation sites is 1. The van der Waals surface area contributed by atoms with Gasteiger partial charge in [-0.05, 0) is 42.0 Å². The second-order valence-corrected chi connectivity index (χ2v) is 7.04. The highest BCUT2D eigenvalue weighted by molar-refractivity contribution is 5.86. The highest BCUT2D eigenvalue weighted by Gasteiger charge is 2.37. The summed E-state index contributed by atoms with van der Waals surface area (Å²) < 4.78 is 90.4. The van der Waals surface area contributed by atoms with Gasteiger partial charge in [-0.1, -0.05) is 12.1 Å². The van der Waals surface area contributed by atoms with E-state index in [0.29, 0.717) is 23.6 Å². The number of nitrogens with zero attached hydrogens (tertiary/aromatic N) is 1. The Morgan fingerprint density at radius 1 is 0.970 bits per heavy atom. The lowest BCUT2D eigenvalue weighted by molar-refractivity contribution is -0.142. The van der Waals surface area contributed by atoms with E-state index in [1.165, 1.54) is 13.2 Å². The molecule has 1 atom stereocenters. The number of rotatable bonds is 8. The molecule has 3 aromatic rings. The van der Waals surface area contributed by atoms with Crippen molar-refractivity contribution in [2.45, 2.75) is 18.5 Å². The van der Waals surface area contributed by atoms with Gasteiger partial charge in [-0.25, -0.2) is 4.98 Å². The number of hydrogen-bond acceptors (Lipinski definition) is 5. The van der Waals surface area contributed by atoms with Crippen LogP contribution in [-0.4, -0.2) is 36.9 Å². The Balaban J connectivity index is 1.74. The van der Waals surface area contributed by atoms with E-state index in [1.807, 2.05) is 0 Å². The summed E-state index contributed by atoms with van der Waals surface area (Å²) in [6, 6.07) is 10.3. The first-order valence-corrected chi connectivity index (χ1v) is 9.74. The standard InChI is InChI=1S/C22H20F6N2O3/c1-32-13-5-7-14(8-6-13)33-10-9-29-12-18(31)16-11-19(22(26,27)28)30-20-15(16)3-2-4-17(20)21(23,24)25/h2-8,11,18,29,31H,9-10,12H2,1H3. The molecule has 178 valence electrons. The molecule has 5 nitrogen and oxygen atoms in total. The van der Waals surface area contributed by atoms with Gasteiger partial charge in [-0.15, -0.1) is 0 Å². The van der Waals surface area contributed by atoms with Gasteiger partial charge in [0.1, 0.15) is 23.8 Å². The molecule has 0 saturated carbocycles. The molecule has 1 unspecified atom stereocenters. The summed E-state index contributed by atoms with van der Waals surface area (Å²) in [5, 5.41) is 13.1. The van der Waals surface area contributed by atoms with Gasteiger partial charge in [0.25, 0.3) is 0 Å². The summed E-state index contributed by atoms with van der Waals surface area (Å²) in [6.45, 7) is 0.201. The van der Waals surface area contributed by atoms with Crippen LogP contribution in [0.4, 0.5) is 26.3 Å². The normalized spacial score (nSPS) is 13.2. The lowest BCUT2D eigenvalue weighted by atomic mass is 9.99. The van der Waals surface area contributed by atoms with Crippen molar-refractivity contribution in [3.8, 4) is 11.5 Å². The van der Waals surface area contributed by atoms with Crippen LogP contribution in [0.3, 0.4) is 0 Å². The third kappa shape index (κ3) is 6.05. The number of methoxy groups -OCH3 is 1. The van der Waals surface area contributed by atoms with E-state index >= 15 is 0 Å². The van der Waals surface area contributed by atoms with Crippen LogP contribution >= 0.6 is 0 Å². The number of hydrogen-bond donors (Lipinski definition) is 2. The van der Waals surface area contributed by atoms with Crippen LogP contribution in [0.15, 0.2) is 48.5 Å². The number of benzene rings is 2. The fourth-order valence-electron chi connectivity index (χ4n) is 3.19. The van der Waals surface area contributed by atoms with Crippen LogP contribution in [0, 0.1) is 0 Å². The molecule has 0 saturated heterocycles. The maximum atomic E-state index is 13.3. The molecule has 11 heteroatoms. The first-order valence-electron chi connectivity index (χ1n) is 9.74. The Hall–Kier alpha value is -3.05. The van der Waals surface area contributed by atoms with E-state index in [9.17, 15) is 31.4 Å². The lowest BCUT2D eigenvalue weighted by Gasteiger charge is -2.19. The fraction of sp³-hybridized carbons (Fsp3) is 0.318. The molecule has 2 N–H and O–H groups in total. The molecule has 0 fully saturated rings. The molecule has 0 aliphatic rings. The van der Waals surface area contributed by atoms with Gasteiger partial charge in [0, 0.05) is 18.5 Å². The van der Waals surface area contributed by atoms with Crippen molar-refractivity contribution in [1.29, 1.82) is 0 Å². The van der Waals surface area contributed by atoms with Crippen LogP contribution in [-0.2, 0) is 12.4 Å². The molecule has 1 aromatic heterocycles. The maximum absolute atomic E-state index is 13.3. The summed E-state index contributed by atoms with van der Waals surface area (Å²) in [5.74, 6) is 1.22. The minimum atomic E-state index is -4.99. The fourth-order valence-corrected chi connectivity index (χ4v) is 3.19. The molecule has 0 bridgehead atoms. The summed E-state index contributed by atoms with van der Waals surface area (Å²) in [4.78, 5) is 3.21. The number of alkyl halides is 6. The summed E-state index contributed by atoms with van der Waals surface area (Å²) >= 11 is 0. The van der Waals surface area contributed by atoms with Gasteiger partial charge in [-0.3, -0.25) is 0 Å². The van der Waals surface area contributed by atoms with E-state index in [4.69, 9.17) is 9.47 Å². The quantitative estimate of drug-likeness (QED) is 0.356. The SMILES string of the molecule is COc1ccc(OCCNCC(O)c2cc(C(F)(F)F)nc3c(C(F)(F)F)cccc23)cc1. The highest BCUT2D eigenvalue weighted by atomic mass is 19.4. The predicted molar refractivity (Wildman–Crippen MR) is 108 cm³/mol. The summed E-state index contributed by atoms with van der Waals surface area (Å²) in [5.41, 5.74) is -3.98. The summed E-state index contributed by atoms with van der Waals surface area (Å²) in [6.07, 6.45) is -11.4. The average Bonchev–Trinajstić information content (AvgIpc) is 2.76. The van der Waals surface area contributed by atoms with Gasteiger partial charge in [-0.2, -0.15) is 26.3 Å². The van der Waals surface area contributed by atoms with Crippen molar-refractivity contribution >= 4 is 10.9 Å².